The molecule has 0 saturated heterocycles. The predicted octanol–water partition coefficient (Wildman–Crippen LogP) is 2.53. The van der Waals surface area contributed by atoms with Crippen LogP contribution >= 0.6 is 0 Å². The quantitative estimate of drug-likeness (QED) is 0.451. The Bertz CT molecular complexity index is 376. The predicted molar refractivity (Wildman–Crippen MR) is 59.3 cm³/mol. The number of hydroxylamine groups is 2. The van der Waals surface area contributed by atoms with Crippen molar-refractivity contribution in [1.82, 2.24) is 5.06 Å². The van der Waals surface area contributed by atoms with Gasteiger partial charge in [-0.3, -0.25) is 10.6 Å². The number of benzene rings is 1. The van der Waals surface area contributed by atoms with E-state index in [9.17, 15) is 5.21 Å². The number of nitrogens with one attached hydrogen (secondary N) is 1. The number of nitrogens with zero attached hydrogens (tertiary/aromatic N) is 1. The molecule has 15 heavy (non-hydrogen) atoms. The van der Waals surface area contributed by atoms with E-state index in [0.717, 1.165) is 23.4 Å². The third kappa shape index (κ3) is 2.02. The maximum Gasteiger partial charge on any atom is 0.107 e. The average molecular weight is 204 g/mol. The van der Waals surface area contributed by atoms with Gasteiger partial charge in [0, 0.05) is 0 Å². The molecule has 3 heteroatoms. The molecule has 1 unspecified atom stereocenters. The Hall–Kier alpha value is -1.35. The molecule has 2 N–H and O–H groups in total. The minimum atomic E-state index is 0.394. The fraction of sp³-hybridized carbons (Fsp3) is 0.417. The van der Waals surface area contributed by atoms with Crippen LogP contribution in [0.2, 0.25) is 0 Å². The molecule has 0 bridgehead atoms. The van der Waals surface area contributed by atoms with Crippen LogP contribution in [0.25, 0.3) is 0 Å². The molecule has 0 heterocycles. The molecule has 0 aromatic heterocycles. The van der Waals surface area contributed by atoms with Crippen molar-refractivity contribution in [3.05, 3.63) is 34.9 Å². The fourth-order valence-corrected chi connectivity index (χ4v) is 2.21. The molecule has 2 rings (SSSR count). The Balaban J connectivity index is 2.19. The topological polar surface area (TPSA) is 47.3 Å². The van der Waals surface area contributed by atoms with E-state index in [1.165, 1.54) is 17.5 Å². The lowest BCUT2D eigenvalue weighted by Gasteiger charge is -2.11. The first-order valence-corrected chi connectivity index (χ1v) is 5.28. The fourth-order valence-electron chi connectivity index (χ4n) is 2.21. The lowest BCUT2D eigenvalue weighted by Crippen LogP contribution is -2.15. The van der Waals surface area contributed by atoms with E-state index in [1.54, 1.807) is 0 Å². The highest BCUT2D eigenvalue weighted by Crippen LogP contribution is 2.32. The van der Waals surface area contributed by atoms with Gasteiger partial charge in [-0.15, -0.1) is 0 Å². The van der Waals surface area contributed by atoms with Crippen LogP contribution in [0.3, 0.4) is 0 Å². The lowest BCUT2D eigenvalue weighted by atomic mass is 10.0. The molecule has 0 amide bonds. The van der Waals surface area contributed by atoms with Gasteiger partial charge >= 0.3 is 0 Å². The van der Waals surface area contributed by atoms with Crippen molar-refractivity contribution in [3.63, 3.8) is 0 Å². The van der Waals surface area contributed by atoms with E-state index in [-0.39, 0.29) is 0 Å². The molecule has 0 radical (unpaired) electrons. The second-order valence-corrected chi connectivity index (χ2v) is 4.20. The first-order chi connectivity index (χ1) is 7.20. The van der Waals surface area contributed by atoms with Gasteiger partial charge in [0.25, 0.3) is 0 Å². The Kier molecular flexibility index (Phi) is 2.73. The van der Waals surface area contributed by atoms with Gasteiger partial charge in [-0.25, -0.2) is 5.06 Å². The minimum absolute atomic E-state index is 0.394. The second kappa shape index (κ2) is 4.03. The third-order valence-electron chi connectivity index (χ3n) is 3.08. The van der Waals surface area contributed by atoms with Gasteiger partial charge in [0.15, 0.2) is 0 Å². The van der Waals surface area contributed by atoms with Crippen LogP contribution in [0, 0.1) is 5.41 Å². The summed E-state index contributed by atoms with van der Waals surface area (Å²) in [6.07, 6.45) is 3.29. The molecule has 0 saturated carbocycles. The van der Waals surface area contributed by atoms with E-state index in [1.807, 2.05) is 6.07 Å². The Morgan fingerprint density at radius 1 is 1.60 bits per heavy atom. The Morgan fingerprint density at radius 2 is 2.40 bits per heavy atom. The van der Waals surface area contributed by atoms with E-state index in [4.69, 9.17) is 5.41 Å². The Labute approximate surface area is 89.8 Å². The standard InChI is InChI=1S/C12H16N2O/c1-9-2-4-11-6-10(3-5-12(9)11)7-14(15)8-13/h3,5-6,8-9,13,15H,2,4,7H2,1H3. The monoisotopic (exact) mass is 204 g/mol. The van der Waals surface area contributed by atoms with Crippen LogP contribution in [-0.2, 0) is 13.0 Å². The summed E-state index contributed by atoms with van der Waals surface area (Å²) < 4.78 is 0. The summed E-state index contributed by atoms with van der Waals surface area (Å²) in [7, 11) is 0. The lowest BCUT2D eigenvalue weighted by molar-refractivity contribution is -0.0173. The largest absolute Gasteiger partial charge is 0.289 e. The zero-order valence-electron chi connectivity index (χ0n) is 8.90. The van der Waals surface area contributed by atoms with Gasteiger partial charge < -0.3 is 0 Å². The molecule has 1 aromatic carbocycles. The maximum atomic E-state index is 9.20. The van der Waals surface area contributed by atoms with E-state index in [2.05, 4.69) is 19.1 Å². The van der Waals surface area contributed by atoms with Crippen molar-refractivity contribution >= 4 is 6.34 Å². The molecule has 1 aliphatic rings. The highest BCUT2D eigenvalue weighted by Gasteiger charge is 2.18. The molecule has 3 nitrogen and oxygen atoms in total. The summed E-state index contributed by atoms with van der Waals surface area (Å²) in [6.45, 7) is 2.65. The summed E-state index contributed by atoms with van der Waals surface area (Å²) in [5, 5.41) is 17.0. The highest BCUT2D eigenvalue weighted by molar-refractivity contribution is 5.49. The summed E-state index contributed by atoms with van der Waals surface area (Å²) in [4.78, 5) is 0. The van der Waals surface area contributed by atoms with Crippen LogP contribution in [0.5, 0.6) is 0 Å². The van der Waals surface area contributed by atoms with Crippen molar-refractivity contribution in [2.24, 2.45) is 0 Å². The summed E-state index contributed by atoms with van der Waals surface area (Å²) in [6, 6.07) is 6.33. The molecule has 0 fully saturated rings. The molecule has 1 atom stereocenters. The normalized spacial score (nSPS) is 18.7. The van der Waals surface area contributed by atoms with Crippen molar-refractivity contribution in [1.29, 1.82) is 5.41 Å². The molecule has 1 aliphatic carbocycles. The van der Waals surface area contributed by atoms with E-state index >= 15 is 0 Å². The summed E-state index contributed by atoms with van der Waals surface area (Å²) in [5.74, 6) is 0.669. The smallest absolute Gasteiger partial charge is 0.107 e. The zero-order valence-corrected chi connectivity index (χ0v) is 8.90. The number of hydrogen-bond donors (Lipinski definition) is 2. The van der Waals surface area contributed by atoms with Crippen LogP contribution < -0.4 is 0 Å². The SMILES string of the molecule is CC1CCc2cc(CN(O)C=N)ccc21. The first kappa shape index (κ1) is 10.2. The number of rotatable bonds is 3. The highest BCUT2D eigenvalue weighted by atomic mass is 16.5. The third-order valence-corrected chi connectivity index (χ3v) is 3.08. The van der Waals surface area contributed by atoms with Crippen LogP contribution in [0.1, 0.15) is 36.0 Å². The van der Waals surface area contributed by atoms with Gasteiger partial charge in [-0.05, 0) is 35.4 Å². The molecular weight excluding hydrogens is 188 g/mol. The van der Waals surface area contributed by atoms with Crippen LogP contribution in [0.15, 0.2) is 18.2 Å². The first-order valence-electron chi connectivity index (χ1n) is 5.28. The number of aryl methyl sites for hydroxylation is 1. The van der Waals surface area contributed by atoms with Crippen molar-refractivity contribution in [2.75, 3.05) is 0 Å². The maximum absolute atomic E-state index is 9.20. The van der Waals surface area contributed by atoms with Crippen LogP contribution in [-0.4, -0.2) is 16.6 Å². The van der Waals surface area contributed by atoms with E-state index in [0.29, 0.717) is 12.5 Å². The van der Waals surface area contributed by atoms with Gasteiger partial charge in [0.05, 0.1) is 6.54 Å². The van der Waals surface area contributed by atoms with Crippen molar-refractivity contribution < 1.29 is 5.21 Å². The van der Waals surface area contributed by atoms with Gasteiger partial charge in [-0.1, -0.05) is 25.1 Å². The molecular formula is C12H16N2O. The Morgan fingerprint density at radius 3 is 3.13 bits per heavy atom. The van der Waals surface area contributed by atoms with Gasteiger partial charge in [0.1, 0.15) is 6.34 Å². The van der Waals surface area contributed by atoms with Crippen molar-refractivity contribution in [3.8, 4) is 0 Å². The van der Waals surface area contributed by atoms with Gasteiger partial charge in [-0.2, -0.15) is 0 Å². The molecule has 80 valence electrons. The van der Waals surface area contributed by atoms with E-state index < -0.39 is 0 Å². The number of hydrogen-bond acceptors (Lipinski definition) is 2. The minimum Gasteiger partial charge on any atom is -0.289 e. The summed E-state index contributed by atoms with van der Waals surface area (Å²) in [5.41, 5.74) is 3.91. The number of fused-ring (bicyclic) bond motifs is 1. The summed E-state index contributed by atoms with van der Waals surface area (Å²) >= 11 is 0. The second-order valence-electron chi connectivity index (χ2n) is 4.20. The zero-order chi connectivity index (χ0) is 10.8. The van der Waals surface area contributed by atoms with Crippen LogP contribution in [0.4, 0.5) is 0 Å². The molecule has 0 aliphatic heterocycles. The van der Waals surface area contributed by atoms with Gasteiger partial charge in [0.2, 0.25) is 0 Å². The molecule has 0 spiro atoms. The van der Waals surface area contributed by atoms with Crippen molar-refractivity contribution in [2.45, 2.75) is 32.2 Å². The average Bonchev–Trinajstić information content (AvgIpc) is 2.60. The molecule has 1 aromatic rings.